The van der Waals surface area contributed by atoms with Crippen LogP contribution < -0.4 is 15.4 Å². The van der Waals surface area contributed by atoms with E-state index < -0.39 is 17.8 Å². The van der Waals surface area contributed by atoms with Gasteiger partial charge in [-0.1, -0.05) is 5.16 Å². The summed E-state index contributed by atoms with van der Waals surface area (Å²) in [6.45, 7) is 3.30. The van der Waals surface area contributed by atoms with Crippen LogP contribution in [-0.2, 0) is 0 Å². The maximum absolute atomic E-state index is 14.5. The van der Waals surface area contributed by atoms with Gasteiger partial charge in [-0.25, -0.2) is 18.5 Å². The second-order valence-electron chi connectivity index (χ2n) is 6.61. The molecule has 0 aliphatic rings. The summed E-state index contributed by atoms with van der Waals surface area (Å²) >= 11 is 0. The largest absolute Gasteiger partial charge is 0.478 e. The number of ether oxygens (including phenoxy) is 1. The average Bonchev–Trinajstić information content (AvgIpc) is 3.27. The highest BCUT2D eigenvalue weighted by atomic mass is 19.1. The number of halogens is 1. The van der Waals surface area contributed by atoms with Crippen molar-refractivity contribution in [3.05, 3.63) is 65.4 Å². The lowest BCUT2D eigenvalue weighted by Crippen LogP contribution is -2.20. The molecule has 1 aromatic carbocycles. The first-order valence-electron chi connectivity index (χ1n) is 9.01. The Labute approximate surface area is 174 Å². The number of urea groups is 1. The smallest absolute Gasteiger partial charge is 0.337 e. The highest BCUT2D eigenvalue weighted by Crippen LogP contribution is 2.31. The Balaban J connectivity index is 1.53. The molecule has 2 amide bonds. The molecule has 0 aliphatic heterocycles. The van der Waals surface area contributed by atoms with Gasteiger partial charge in [0.15, 0.2) is 11.6 Å². The fourth-order valence-corrected chi connectivity index (χ4v) is 3.00. The van der Waals surface area contributed by atoms with Crippen molar-refractivity contribution in [3.63, 3.8) is 0 Å². The number of benzene rings is 1. The number of aromatic nitrogens is 3. The maximum Gasteiger partial charge on any atom is 0.337 e. The summed E-state index contributed by atoms with van der Waals surface area (Å²) in [7, 11) is 0. The van der Waals surface area contributed by atoms with Crippen molar-refractivity contribution in [1.82, 2.24) is 14.8 Å². The van der Waals surface area contributed by atoms with Crippen molar-refractivity contribution in [3.8, 4) is 11.5 Å². The molecule has 0 fully saturated rings. The zero-order valence-electron chi connectivity index (χ0n) is 16.3. The number of nitrogens with zero attached hydrogens (tertiary/aromatic N) is 3. The predicted octanol–water partition coefficient (Wildman–Crippen LogP) is 4.21. The summed E-state index contributed by atoms with van der Waals surface area (Å²) in [4.78, 5) is 23.4. The third-order valence-electron chi connectivity index (χ3n) is 4.41. The highest BCUT2D eigenvalue weighted by Gasteiger charge is 2.18. The zero-order chi connectivity index (χ0) is 22.1. The van der Waals surface area contributed by atoms with Gasteiger partial charge >= 0.3 is 12.0 Å². The Bertz CT molecular complexity index is 1310. The van der Waals surface area contributed by atoms with Crippen LogP contribution >= 0.6 is 0 Å². The van der Waals surface area contributed by atoms with E-state index in [0.717, 1.165) is 6.07 Å². The first-order chi connectivity index (χ1) is 14.8. The van der Waals surface area contributed by atoms with E-state index in [-0.39, 0.29) is 22.8 Å². The molecule has 3 N–H and O–H groups in total. The highest BCUT2D eigenvalue weighted by molar-refractivity contribution is 5.99. The van der Waals surface area contributed by atoms with Gasteiger partial charge in [0, 0.05) is 24.4 Å². The number of anilines is 2. The maximum atomic E-state index is 14.5. The van der Waals surface area contributed by atoms with E-state index in [0.29, 0.717) is 22.6 Å². The summed E-state index contributed by atoms with van der Waals surface area (Å²) in [6.07, 6.45) is 2.82. The van der Waals surface area contributed by atoms with E-state index in [1.165, 1.54) is 35.1 Å². The zero-order valence-corrected chi connectivity index (χ0v) is 16.3. The minimum atomic E-state index is -1.09. The number of rotatable bonds is 5. The molecule has 3 heterocycles. The van der Waals surface area contributed by atoms with Crippen LogP contribution in [0.15, 0.2) is 47.2 Å². The number of hydrogen-bond acceptors (Lipinski definition) is 6. The number of carboxylic acid groups (broad SMARTS) is 1. The van der Waals surface area contributed by atoms with Crippen molar-refractivity contribution < 1.29 is 28.3 Å². The van der Waals surface area contributed by atoms with Crippen LogP contribution in [0.3, 0.4) is 0 Å². The quantitative estimate of drug-likeness (QED) is 0.436. The van der Waals surface area contributed by atoms with Crippen molar-refractivity contribution >= 4 is 29.0 Å². The standard InChI is InChI=1S/C20H16FN5O5/c1-10-7-17(25-31-10)24-20(29)23-15-4-3-12(8-14(15)21)30-16-5-6-22-26-9-13(19(27)28)11(2)18(16)26/h3-9H,1-2H3,(H,27,28)(H2,23,24,25,29). The van der Waals surface area contributed by atoms with Gasteiger partial charge in [-0.3, -0.25) is 5.32 Å². The fourth-order valence-electron chi connectivity index (χ4n) is 3.00. The molecule has 0 saturated carbocycles. The number of aryl methyl sites for hydroxylation is 2. The number of fused-ring (bicyclic) bond motifs is 1. The Morgan fingerprint density at radius 2 is 2.00 bits per heavy atom. The van der Waals surface area contributed by atoms with Gasteiger partial charge in [-0.15, -0.1) is 0 Å². The number of hydrogen-bond donors (Lipinski definition) is 3. The first kappa shape index (κ1) is 19.9. The molecular weight excluding hydrogens is 409 g/mol. The predicted molar refractivity (Wildman–Crippen MR) is 107 cm³/mol. The van der Waals surface area contributed by atoms with Crippen LogP contribution in [0.5, 0.6) is 11.5 Å². The van der Waals surface area contributed by atoms with Gasteiger partial charge in [0.1, 0.15) is 22.8 Å². The molecule has 4 rings (SSSR count). The molecule has 0 atom stereocenters. The van der Waals surface area contributed by atoms with Crippen LogP contribution in [-0.4, -0.2) is 31.9 Å². The number of carbonyl (C=O) groups is 2. The van der Waals surface area contributed by atoms with Gasteiger partial charge in [0.25, 0.3) is 0 Å². The molecule has 4 aromatic rings. The molecule has 31 heavy (non-hydrogen) atoms. The lowest BCUT2D eigenvalue weighted by molar-refractivity contribution is 0.0696. The Hall–Kier alpha value is -4.41. The minimum Gasteiger partial charge on any atom is -0.478 e. The van der Waals surface area contributed by atoms with Gasteiger partial charge in [0.05, 0.1) is 17.4 Å². The lowest BCUT2D eigenvalue weighted by atomic mass is 10.2. The topological polar surface area (TPSA) is 131 Å². The molecular formula is C20H16FN5O5. The number of nitrogens with one attached hydrogen (secondary N) is 2. The lowest BCUT2D eigenvalue weighted by Gasteiger charge is -2.11. The molecule has 0 unspecified atom stereocenters. The molecule has 0 bridgehead atoms. The molecule has 10 nitrogen and oxygen atoms in total. The number of aromatic carboxylic acids is 1. The molecule has 0 saturated heterocycles. The first-order valence-corrected chi connectivity index (χ1v) is 9.01. The van der Waals surface area contributed by atoms with E-state index in [1.54, 1.807) is 19.9 Å². The fraction of sp³-hybridized carbons (Fsp3) is 0.100. The van der Waals surface area contributed by atoms with Gasteiger partial charge in [-0.05, 0) is 31.5 Å². The van der Waals surface area contributed by atoms with Crippen molar-refractivity contribution in [1.29, 1.82) is 0 Å². The monoisotopic (exact) mass is 425 g/mol. The molecule has 11 heteroatoms. The van der Waals surface area contributed by atoms with E-state index in [1.807, 2.05) is 0 Å². The normalized spacial score (nSPS) is 10.8. The molecule has 158 valence electrons. The van der Waals surface area contributed by atoms with Crippen LogP contribution in [0.25, 0.3) is 5.52 Å². The Morgan fingerprint density at radius 3 is 2.68 bits per heavy atom. The summed E-state index contributed by atoms with van der Waals surface area (Å²) in [5.74, 6) is -0.649. The van der Waals surface area contributed by atoms with E-state index >= 15 is 0 Å². The molecule has 0 aliphatic carbocycles. The summed E-state index contributed by atoms with van der Waals surface area (Å²) in [5.41, 5.74) is 0.929. The SMILES string of the molecule is Cc1cc(NC(=O)Nc2ccc(Oc3ccnn4cc(C(=O)O)c(C)c34)cc2F)no1. The molecule has 0 spiro atoms. The summed E-state index contributed by atoms with van der Waals surface area (Å²) in [6, 6.07) is 6.27. The van der Waals surface area contributed by atoms with Gasteiger partial charge < -0.3 is 19.7 Å². The summed E-state index contributed by atoms with van der Waals surface area (Å²) < 4.78 is 26.5. The molecule has 3 aromatic heterocycles. The number of carbonyl (C=O) groups excluding carboxylic acids is 1. The number of carboxylic acids is 1. The van der Waals surface area contributed by atoms with Gasteiger partial charge in [-0.2, -0.15) is 5.10 Å². The van der Waals surface area contributed by atoms with E-state index in [4.69, 9.17) is 9.26 Å². The third kappa shape index (κ3) is 4.01. The van der Waals surface area contributed by atoms with Crippen LogP contribution in [0.4, 0.5) is 20.7 Å². The van der Waals surface area contributed by atoms with Crippen LogP contribution in [0.1, 0.15) is 21.7 Å². The Kier molecular flexibility index (Phi) is 4.99. The van der Waals surface area contributed by atoms with Crippen molar-refractivity contribution in [2.45, 2.75) is 13.8 Å². The molecule has 0 radical (unpaired) electrons. The van der Waals surface area contributed by atoms with Crippen molar-refractivity contribution in [2.75, 3.05) is 10.6 Å². The van der Waals surface area contributed by atoms with E-state index in [9.17, 15) is 19.1 Å². The van der Waals surface area contributed by atoms with Crippen LogP contribution in [0, 0.1) is 19.7 Å². The van der Waals surface area contributed by atoms with Crippen molar-refractivity contribution in [2.24, 2.45) is 0 Å². The van der Waals surface area contributed by atoms with Gasteiger partial charge in [0.2, 0.25) is 0 Å². The average molecular weight is 425 g/mol. The summed E-state index contributed by atoms with van der Waals surface area (Å²) in [5, 5.41) is 21.8. The second-order valence-corrected chi connectivity index (χ2v) is 6.61. The Morgan fingerprint density at radius 1 is 1.19 bits per heavy atom. The third-order valence-corrected chi connectivity index (χ3v) is 4.41. The van der Waals surface area contributed by atoms with E-state index in [2.05, 4.69) is 20.9 Å². The van der Waals surface area contributed by atoms with Crippen LogP contribution in [0.2, 0.25) is 0 Å². The second kappa shape index (κ2) is 7.78. The minimum absolute atomic E-state index is 0.0722. The number of amides is 2.